The predicted molar refractivity (Wildman–Crippen MR) is 365 cm³/mol. The lowest BCUT2D eigenvalue weighted by molar-refractivity contribution is 0.0511. The molecule has 0 aliphatic rings. The number of nitrogens with one attached hydrogen (secondary N) is 1. The van der Waals surface area contributed by atoms with Crippen LogP contribution in [0.1, 0.15) is 99.3 Å². The first-order chi connectivity index (χ1) is 44.2. The Bertz CT molecular complexity index is 4840. The van der Waals surface area contributed by atoms with Crippen molar-refractivity contribution < 1.29 is 42.9 Å². The highest BCUT2D eigenvalue weighted by atomic mass is 35.5. The monoisotopic (exact) mass is 1350 g/mol. The molecule has 0 saturated heterocycles. The molecule has 0 atom stereocenters. The maximum atomic E-state index is 13.7. The van der Waals surface area contributed by atoms with E-state index in [0.29, 0.717) is 83.9 Å². The van der Waals surface area contributed by atoms with E-state index in [4.69, 9.17) is 52.9 Å². The number of hydrogen-bond donors (Lipinski definition) is 2. The number of carbonyl (C=O) groups excluding carboxylic acids is 5. The molecule has 0 radical (unpaired) electrons. The Hall–Kier alpha value is -10.2. The average molecular weight is 1350 g/mol. The molecule has 0 spiro atoms. The van der Waals surface area contributed by atoms with Gasteiger partial charge in [-0.15, -0.1) is 0 Å². The number of para-hydroxylation sites is 2. The fourth-order valence-corrected chi connectivity index (χ4v) is 11.3. The zero-order valence-corrected chi connectivity index (χ0v) is 56.4. The van der Waals surface area contributed by atoms with Gasteiger partial charge >= 0.3 is 24.4 Å². The second kappa shape index (κ2) is 26.1. The molecule has 11 rings (SSSR count). The van der Waals surface area contributed by atoms with Gasteiger partial charge in [0.25, 0.3) is 11.5 Å². The van der Waals surface area contributed by atoms with E-state index in [1.165, 1.54) is 22.2 Å². The Kier molecular flexibility index (Phi) is 18.5. The van der Waals surface area contributed by atoms with Gasteiger partial charge in [0.2, 0.25) is 10.3 Å². The van der Waals surface area contributed by atoms with E-state index >= 15 is 0 Å². The summed E-state index contributed by atoms with van der Waals surface area (Å²) in [6.45, 7) is 22.8. The van der Waals surface area contributed by atoms with Crippen molar-refractivity contribution in [2.45, 2.75) is 112 Å². The molecular formula is C66H64Cl2N14O10S2. The highest BCUT2D eigenvalue weighted by molar-refractivity contribution is 7.10. The number of carbonyl (C=O) groups is 5. The largest absolute Gasteiger partial charge is 0.443 e. The molecule has 0 aliphatic heterocycles. The normalized spacial score (nSPS) is 11.9. The molecule has 0 fully saturated rings. The Morgan fingerprint density at radius 1 is 0.543 bits per heavy atom. The van der Waals surface area contributed by atoms with Gasteiger partial charge in [0, 0.05) is 56.3 Å². The second-order valence-electron chi connectivity index (χ2n) is 25.2. The molecule has 28 heteroatoms. The Labute approximate surface area is 557 Å². The highest BCUT2D eigenvalue weighted by Gasteiger charge is 2.34. The summed E-state index contributed by atoms with van der Waals surface area (Å²) >= 11 is 15.7. The van der Waals surface area contributed by atoms with Crippen LogP contribution in [0.2, 0.25) is 10.0 Å². The second-order valence-corrected chi connectivity index (χ2v) is 27.4. The molecule has 94 heavy (non-hydrogen) atoms. The number of fused-ring (bicyclic) bond motifs is 3. The molecule has 6 aromatic carbocycles. The number of hydrogen-bond acceptors (Lipinski definition) is 20. The first kappa shape index (κ1) is 66.8. The molecule has 5 aromatic heterocycles. The van der Waals surface area contributed by atoms with Crippen molar-refractivity contribution in [3.05, 3.63) is 166 Å². The van der Waals surface area contributed by atoms with Crippen molar-refractivity contribution in [2.24, 2.45) is 0 Å². The van der Waals surface area contributed by atoms with E-state index in [-0.39, 0.29) is 43.1 Å². The zero-order chi connectivity index (χ0) is 67.9. The number of aryl methyl sites for hydroxylation is 1. The van der Waals surface area contributed by atoms with Crippen molar-refractivity contribution >= 4 is 142 Å². The summed E-state index contributed by atoms with van der Waals surface area (Å²) in [6, 6.07) is 34.5. The van der Waals surface area contributed by atoms with Crippen LogP contribution in [-0.2, 0) is 18.9 Å². The Morgan fingerprint density at radius 2 is 1.01 bits per heavy atom. The molecule has 484 valence electrons. The van der Waals surface area contributed by atoms with E-state index in [2.05, 4.69) is 34.2 Å². The van der Waals surface area contributed by atoms with E-state index in [1.54, 1.807) is 204 Å². The van der Waals surface area contributed by atoms with Crippen molar-refractivity contribution in [2.75, 3.05) is 20.9 Å². The van der Waals surface area contributed by atoms with Crippen molar-refractivity contribution in [3.63, 3.8) is 0 Å². The third kappa shape index (κ3) is 14.8. The first-order valence-electron chi connectivity index (χ1n) is 29.1. The van der Waals surface area contributed by atoms with Gasteiger partial charge in [-0.05, 0) is 163 Å². The SMILES string of the molecule is CC(C)(C)OC(=O)N(c1nc(-c2cccc(NC(=O)c3ccccc3N)c2)ns1)c1ccc2c(cnn2C(=O)OC(C)(C)C)c1Cl.Cc1nc2ccccc2c(=O)n1-c1cccc(-c2nsc(N(C(=O)OC(C)(C)C)c3ccc4c(cnn4C(=O)OC(C)(C)C)c3Cl)n2)c1. The van der Waals surface area contributed by atoms with Crippen LogP contribution in [-0.4, -0.2) is 101 Å². The topological polar surface area (TPSA) is 289 Å². The minimum Gasteiger partial charge on any atom is -0.443 e. The van der Waals surface area contributed by atoms with Crippen molar-refractivity contribution in [3.8, 4) is 28.5 Å². The summed E-state index contributed by atoms with van der Waals surface area (Å²) in [7, 11) is 0. The number of ether oxygens (including phenoxy) is 4. The molecule has 3 amide bonds. The third-order valence-corrected chi connectivity index (χ3v) is 15.4. The molecule has 0 aliphatic carbocycles. The van der Waals surface area contributed by atoms with Crippen LogP contribution in [0, 0.1) is 6.92 Å². The Balaban J connectivity index is 0.000000205. The smallest absolute Gasteiger partial charge is 0.435 e. The van der Waals surface area contributed by atoms with E-state index < -0.39 is 46.8 Å². The number of anilines is 6. The van der Waals surface area contributed by atoms with Gasteiger partial charge in [0.15, 0.2) is 11.6 Å². The number of halogens is 2. The number of nitrogens with two attached hydrogens (primary N) is 1. The molecule has 0 unspecified atom stereocenters. The average Bonchev–Trinajstić information content (AvgIpc) is 1.48. The minimum atomic E-state index is -0.839. The standard InChI is InChI=1S/C34H32ClN7O5S.C32H32ClN7O5S/c1-19-37-24-14-9-8-13-22(24)29(43)40(19)21-12-10-11-20(17-21)28-38-30(48-39-28)41(31(44)46-33(2,3)4)26-16-15-25-23(27(26)35)18-36-42(25)32(45)47-34(5,6)7;1-31(2,3)44-29(42)39(24-15-14-23-21(25(24)33)17-35-40(23)30(43)45-32(4,5)6)28-37-26(38-46-28)18-10-9-11-19(16-18)36-27(41)20-12-7-8-13-22(20)34/h8-18H,1-7H3;7-17H,34H2,1-6H3,(H,36,41). The fraction of sp³-hybridized carbons (Fsp3) is 0.258. The number of benzene rings is 6. The number of amides is 3. The minimum absolute atomic E-state index is 0.139. The molecule has 24 nitrogen and oxygen atoms in total. The number of aromatic nitrogens is 10. The maximum absolute atomic E-state index is 13.7. The van der Waals surface area contributed by atoms with Gasteiger partial charge in [-0.25, -0.2) is 34.0 Å². The summed E-state index contributed by atoms with van der Waals surface area (Å²) < 4.78 is 35.2. The summed E-state index contributed by atoms with van der Waals surface area (Å²) in [5.41, 5.74) is 7.52. The van der Waals surface area contributed by atoms with E-state index in [1.807, 2.05) is 12.1 Å². The van der Waals surface area contributed by atoms with Crippen molar-refractivity contribution in [1.29, 1.82) is 0 Å². The van der Waals surface area contributed by atoms with Crippen LogP contribution in [0.5, 0.6) is 0 Å². The molecule has 5 heterocycles. The van der Waals surface area contributed by atoms with Gasteiger partial charge in [0.05, 0.1) is 67.0 Å². The summed E-state index contributed by atoms with van der Waals surface area (Å²) in [6.07, 6.45) is 0.0443. The Morgan fingerprint density at radius 3 is 1.51 bits per heavy atom. The molecule has 3 N–H and O–H groups in total. The van der Waals surface area contributed by atoms with Gasteiger partial charge in [0.1, 0.15) is 28.2 Å². The molecule has 11 aromatic rings. The third-order valence-electron chi connectivity index (χ3n) is 13.2. The van der Waals surface area contributed by atoms with Gasteiger partial charge < -0.3 is 30.0 Å². The molecule has 0 bridgehead atoms. The van der Waals surface area contributed by atoms with Crippen LogP contribution in [0.3, 0.4) is 0 Å². The number of rotatable bonds is 9. The van der Waals surface area contributed by atoms with Gasteiger partial charge in [-0.3, -0.25) is 14.2 Å². The lowest BCUT2D eigenvalue weighted by Crippen LogP contribution is -2.34. The fourth-order valence-electron chi connectivity index (χ4n) is 9.35. The molecule has 0 saturated carbocycles. The number of nitrogens with zero attached hydrogens (tertiary/aromatic N) is 12. The summed E-state index contributed by atoms with van der Waals surface area (Å²) in [5.74, 6) is 0.788. The van der Waals surface area contributed by atoms with Gasteiger partial charge in [-0.1, -0.05) is 71.7 Å². The highest BCUT2D eigenvalue weighted by Crippen LogP contribution is 2.42. The summed E-state index contributed by atoms with van der Waals surface area (Å²) in [4.78, 5) is 95.6. The van der Waals surface area contributed by atoms with E-state index in [9.17, 15) is 28.8 Å². The quantitative estimate of drug-likeness (QED) is 0.100. The first-order valence-corrected chi connectivity index (χ1v) is 31.4. The predicted octanol–water partition coefficient (Wildman–Crippen LogP) is 16.0. The van der Waals surface area contributed by atoms with E-state index in [0.717, 1.165) is 32.4 Å². The van der Waals surface area contributed by atoms with Gasteiger partial charge in [-0.2, -0.15) is 38.3 Å². The number of nitrogen functional groups attached to an aromatic ring is 1. The van der Waals surface area contributed by atoms with Crippen LogP contribution in [0.4, 0.5) is 52.2 Å². The molecular weight excluding hydrogens is 1280 g/mol. The lowest BCUT2D eigenvalue weighted by atomic mass is 10.1. The van der Waals surface area contributed by atoms with Crippen LogP contribution < -0.4 is 26.4 Å². The summed E-state index contributed by atoms with van der Waals surface area (Å²) in [5, 5.41) is 13.2. The van der Waals surface area contributed by atoms with Crippen molar-refractivity contribution in [1.82, 2.24) is 47.8 Å². The lowest BCUT2D eigenvalue weighted by Gasteiger charge is -2.26. The van der Waals surface area contributed by atoms with Crippen LogP contribution >= 0.6 is 46.3 Å². The maximum Gasteiger partial charge on any atom is 0.435 e. The van der Waals surface area contributed by atoms with Crippen LogP contribution in [0.25, 0.3) is 61.2 Å². The zero-order valence-electron chi connectivity index (χ0n) is 53.3. The van der Waals surface area contributed by atoms with Crippen LogP contribution in [0.15, 0.2) is 139 Å².